The molecule has 2 nitrogen and oxygen atoms in total. The van der Waals surface area contributed by atoms with Gasteiger partial charge in [0.2, 0.25) is 0 Å². The predicted molar refractivity (Wildman–Crippen MR) is 91.7 cm³/mol. The van der Waals surface area contributed by atoms with Crippen LogP contribution in [0.25, 0.3) is 0 Å². The van der Waals surface area contributed by atoms with Crippen LogP contribution in [0.2, 0.25) is 0 Å². The van der Waals surface area contributed by atoms with Crippen LogP contribution in [0.15, 0.2) is 18.2 Å². The largest absolute Gasteiger partial charge is 0.313 e. The predicted octanol–water partition coefficient (Wildman–Crippen LogP) is 3.90. The summed E-state index contributed by atoms with van der Waals surface area (Å²) in [6.45, 7) is 13.7. The van der Waals surface area contributed by atoms with Crippen molar-refractivity contribution in [3.63, 3.8) is 0 Å². The van der Waals surface area contributed by atoms with Crippen molar-refractivity contribution in [2.75, 3.05) is 19.6 Å². The van der Waals surface area contributed by atoms with Gasteiger partial charge in [-0.2, -0.15) is 0 Å². The van der Waals surface area contributed by atoms with E-state index < -0.39 is 0 Å². The van der Waals surface area contributed by atoms with E-state index in [1.807, 2.05) is 0 Å². The summed E-state index contributed by atoms with van der Waals surface area (Å²) in [4.78, 5) is 2.62. The van der Waals surface area contributed by atoms with Crippen LogP contribution in [-0.4, -0.2) is 30.6 Å². The van der Waals surface area contributed by atoms with Crippen LogP contribution in [0.3, 0.4) is 0 Å². The minimum absolute atomic E-state index is 0.683. The van der Waals surface area contributed by atoms with Gasteiger partial charge in [0.15, 0.2) is 0 Å². The molecule has 0 saturated carbocycles. The Hall–Kier alpha value is -0.860. The third-order valence-corrected chi connectivity index (χ3v) is 4.56. The molecule has 1 N–H and O–H groups in total. The Morgan fingerprint density at radius 3 is 2.86 bits per heavy atom. The van der Waals surface area contributed by atoms with E-state index >= 15 is 0 Å². The summed E-state index contributed by atoms with van der Waals surface area (Å²) in [5.41, 5.74) is 4.30. The maximum absolute atomic E-state index is 3.75. The number of likely N-dealkylation sites (tertiary alicyclic amines) is 1. The Kier molecular flexibility index (Phi) is 6.25. The molecule has 1 aromatic carbocycles. The van der Waals surface area contributed by atoms with Gasteiger partial charge in [0, 0.05) is 19.1 Å². The van der Waals surface area contributed by atoms with Crippen molar-refractivity contribution in [3.05, 3.63) is 34.9 Å². The third kappa shape index (κ3) is 5.44. The summed E-state index contributed by atoms with van der Waals surface area (Å²) in [5, 5.41) is 3.75. The summed E-state index contributed by atoms with van der Waals surface area (Å²) in [6.07, 6.45) is 3.94. The van der Waals surface area contributed by atoms with Crippen molar-refractivity contribution in [2.24, 2.45) is 5.92 Å². The second kappa shape index (κ2) is 7.95. The molecule has 0 spiro atoms. The molecule has 2 rings (SSSR count). The van der Waals surface area contributed by atoms with E-state index in [9.17, 15) is 0 Å². The van der Waals surface area contributed by atoms with E-state index in [0.29, 0.717) is 6.04 Å². The van der Waals surface area contributed by atoms with Crippen molar-refractivity contribution < 1.29 is 0 Å². The molecular formula is C19H32N2. The first-order valence-electron chi connectivity index (χ1n) is 8.56. The smallest absolute Gasteiger partial charge is 0.0237 e. The maximum Gasteiger partial charge on any atom is 0.0237 e. The van der Waals surface area contributed by atoms with Gasteiger partial charge in [-0.3, -0.25) is 4.90 Å². The van der Waals surface area contributed by atoms with Gasteiger partial charge in [0.05, 0.1) is 0 Å². The highest BCUT2D eigenvalue weighted by Gasteiger charge is 2.19. The average Bonchev–Trinajstić information content (AvgIpc) is 2.43. The van der Waals surface area contributed by atoms with Gasteiger partial charge in [0.25, 0.3) is 0 Å². The topological polar surface area (TPSA) is 15.3 Å². The fraction of sp³-hybridized carbons (Fsp3) is 0.684. The van der Waals surface area contributed by atoms with Crippen molar-refractivity contribution in [2.45, 2.75) is 59.5 Å². The Labute approximate surface area is 130 Å². The van der Waals surface area contributed by atoms with E-state index in [4.69, 9.17) is 0 Å². The zero-order valence-corrected chi connectivity index (χ0v) is 14.3. The van der Waals surface area contributed by atoms with Crippen molar-refractivity contribution in [1.29, 1.82) is 0 Å². The molecule has 0 aromatic heterocycles. The lowest BCUT2D eigenvalue weighted by molar-refractivity contribution is 0.182. The van der Waals surface area contributed by atoms with Crippen molar-refractivity contribution in [1.82, 2.24) is 10.2 Å². The standard InChI is InChI=1S/C19H32N2/c1-15(2)9-10-20-19-6-5-11-21(14-19)13-18-12-16(3)7-8-17(18)4/h7-8,12,15,19-20H,5-6,9-11,13-14H2,1-4H3. The number of rotatable bonds is 6. The fourth-order valence-corrected chi connectivity index (χ4v) is 3.15. The highest BCUT2D eigenvalue weighted by molar-refractivity contribution is 5.30. The van der Waals surface area contributed by atoms with E-state index in [0.717, 1.165) is 12.5 Å². The molecule has 1 aliphatic rings. The van der Waals surface area contributed by atoms with Crippen LogP contribution in [-0.2, 0) is 6.54 Å². The molecule has 2 heteroatoms. The maximum atomic E-state index is 3.75. The van der Waals surface area contributed by atoms with Gasteiger partial charge < -0.3 is 5.32 Å². The molecule has 1 saturated heterocycles. The minimum Gasteiger partial charge on any atom is -0.313 e. The van der Waals surface area contributed by atoms with Crippen LogP contribution in [0, 0.1) is 19.8 Å². The monoisotopic (exact) mass is 288 g/mol. The van der Waals surface area contributed by atoms with Gasteiger partial charge in [-0.25, -0.2) is 0 Å². The lowest BCUT2D eigenvalue weighted by atomic mass is 10.0. The Morgan fingerprint density at radius 2 is 2.10 bits per heavy atom. The summed E-state index contributed by atoms with van der Waals surface area (Å²) in [6, 6.07) is 7.51. The van der Waals surface area contributed by atoms with Crippen LogP contribution >= 0.6 is 0 Å². The number of aryl methyl sites for hydroxylation is 2. The van der Waals surface area contributed by atoms with Gasteiger partial charge in [-0.1, -0.05) is 37.6 Å². The summed E-state index contributed by atoms with van der Waals surface area (Å²) >= 11 is 0. The Balaban J connectivity index is 1.84. The molecule has 118 valence electrons. The lowest BCUT2D eigenvalue weighted by Crippen LogP contribution is -2.45. The number of benzene rings is 1. The summed E-state index contributed by atoms with van der Waals surface area (Å²) in [7, 11) is 0. The SMILES string of the molecule is Cc1ccc(C)c(CN2CCCC(NCCC(C)C)C2)c1. The summed E-state index contributed by atoms with van der Waals surface area (Å²) < 4.78 is 0. The first kappa shape index (κ1) is 16.5. The first-order chi connectivity index (χ1) is 10.0. The summed E-state index contributed by atoms with van der Waals surface area (Å²) in [5.74, 6) is 0.798. The van der Waals surface area contributed by atoms with Crippen molar-refractivity contribution >= 4 is 0 Å². The normalized spacial score (nSPS) is 20.1. The molecule has 21 heavy (non-hydrogen) atoms. The van der Waals surface area contributed by atoms with Gasteiger partial charge in [-0.15, -0.1) is 0 Å². The first-order valence-corrected chi connectivity index (χ1v) is 8.56. The molecule has 0 amide bonds. The Bertz CT molecular complexity index is 439. The number of hydrogen-bond acceptors (Lipinski definition) is 2. The molecule has 1 atom stereocenters. The Morgan fingerprint density at radius 1 is 1.29 bits per heavy atom. The molecule has 0 radical (unpaired) electrons. The number of nitrogens with zero attached hydrogens (tertiary/aromatic N) is 1. The van der Waals surface area contributed by atoms with Gasteiger partial charge in [0.1, 0.15) is 0 Å². The van der Waals surface area contributed by atoms with E-state index in [-0.39, 0.29) is 0 Å². The number of hydrogen-bond donors (Lipinski definition) is 1. The van der Waals surface area contributed by atoms with Crippen LogP contribution in [0.1, 0.15) is 49.8 Å². The average molecular weight is 288 g/mol. The van der Waals surface area contributed by atoms with Gasteiger partial charge in [-0.05, 0) is 63.2 Å². The molecule has 0 bridgehead atoms. The molecule has 1 aliphatic heterocycles. The molecular weight excluding hydrogens is 256 g/mol. The second-order valence-corrected chi connectivity index (χ2v) is 7.14. The molecule has 1 unspecified atom stereocenters. The molecule has 1 heterocycles. The zero-order valence-electron chi connectivity index (χ0n) is 14.3. The molecule has 1 fully saturated rings. The van der Waals surface area contributed by atoms with E-state index in [2.05, 4.69) is 56.1 Å². The minimum atomic E-state index is 0.683. The van der Waals surface area contributed by atoms with E-state index in [1.54, 1.807) is 0 Å². The lowest BCUT2D eigenvalue weighted by Gasteiger charge is -2.33. The van der Waals surface area contributed by atoms with E-state index in [1.165, 1.54) is 55.6 Å². The number of nitrogens with one attached hydrogen (secondary N) is 1. The van der Waals surface area contributed by atoms with Crippen LogP contribution in [0.5, 0.6) is 0 Å². The highest BCUT2D eigenvalue weighted by Crippen LogP contribution is 2.17. The van der Waals surface area contributed by atoms with Gasteiger partial charge >= 0.3 is 0 Å². The van der Waals surface area contributed by atoms with Crippen LogP contribution in [0.4, 0.5) is 0 Å². The third-order valence-electron chi connectivity index (χ3n) is 4.56. The zero-order chi connectivity index (χ0) is 15.2. The molecule has 0 aliphatic carbocycles. The van der Waals surface area contributed by atoms with Crippen molar-refractivity contribution in [3.8, 4) is 0 Å². The fourth-order valence-electron chi connectivity index (χ4n) is 3.15. The quantitative estimate of drug-likeness (QED) is 0.854. The second-order valence-electron chi connectivity index (χ2n) is 7.14. The molecule has 1 aromatic rings. The highest BCUT2D eigenvalue weighted by atomic mass is 15.2. The number of piperidine rings is 1. The van der Waals surface area contributed by atoms with Crippen LogP contribution < -0.4 is 5.32 Å².